The maximum Gasteiger partial charge on any atom is 0.0869 e. The average molecular weight is 168 g/mol. The molecule has 0 aromatic heterocycles. The van der Waals surface area contributed by atoms with E-state index in [-0.39, 0.29) is 0 Å². The van der Waals surface area contributed by atoms with E-state index in [2.05, 4.69) is 17.9 Å². The van der Waals surface area contributed by atoms with Crippen molar-refractivity contribution in [3.8, 4) is 6.07 Å². The van der Waals surface area contributed by atoms with E-state index in [1.54, 1.807) is 0 Å². The predicted octanol–water partition coefficient (Wildman–Crippen LogP) is 1.01. The molecule has 1 saturated heterocycles. The van der Waals surface area contributed by atoms with Crippen LogP contribution in [0, 0.1) is 11.3 Å². The Morgan fingerprint density at radius 3 is 3.00 bits per heavy atom. The highest BCUT2D eigenvalue weighted by Gasteiger charge is 2.19. The van der Waals surface area contributed by atoms with Crippen LogP contribution in [-0.2, 0) is 4.74 Å². The Hall–Kier alpha value is -0.590. The van der Waals surface area contributed by atoms with Crippen LogP contribution in [0.25, 0.3) is 0 Å². The first-order chi connectivity index (χ1) is 5.88. The molecule has 1 heterocycles. The Labute approximate surface area is 73.9 Å². The third-order valence-electron chi connectivity index (χ3n) is 2.33. The van der Waals surface area contributed by atoms with Crippen LogP contribution < -0.4 is 0 Å². The largest absolute Gasteiger partial charge is 0.380 e. The normalized spacial score (nSPS) is 23.9. The third kappa shape index (κ3) is 2.47. The van der Waals surface area contributed by atoms with Crippen LogP contribution >= 0.6 is 0 Å². The van der Waals surface area contributed by atoms with Crippen molar-refractivity contribution >= 4 is 0 Å². The van der Waals surface area contributed by atoms with Crippen molar-refractivity contribution in [1.29, 1.82) is 5.26 Å². The molecule has 0 aromatic carbocycles. The van der Waals surface area contributed by atoms with E-state index in [4.69, 9.17) is 10.00 Å². The quantitative estimate of drug-likeness (QED) is 0.590. The van der Waals surface area contributed by atoms with Gasteiger partial charge < -0.3 is 4.74 Å². The van der Waals surface area contributed by atoms with Gasteiger partial charge in [0.2, 0.25) is 0 Å². The highest BCUT2D eigenvalue weighted by molar-refractivity contribution is 4.82. The second kappa shape index (κ2) is 5.13. The maximum absolute atomic E-state index is 8.57. The third-order valence-corrected chi connectivity index (χ3v) is 2.33. The second-order valence-corrected chi connectivity index (χ2v) is 3.09. The van der Waals surface area contributed by atoms with Crippen LogP contribution in [0.4, 0.5) is 0 Å². The number of hydrogen-bond donors (Lipinski definition) is 0. The SMILES string of the molecule is CCN(CC#N)C1CCCOC1. The molecule has 1 atom stereocenters. The van der Waals surface area contributed by atoms with E-state index in [0.717, 1.165) is 26.2 Å². The molecular formula is C9H16N2O. The Morgan fingerprint density at radius 2 is 2.50 bits per heavy atom. The Balaban J connectivity index is 2.36. The lowest BCUT2D eigenvalue weighted by Gasteiger charge is -2.31. The zero-order valence-corrected chi connectivity index (χ0v) is 7.62. The summed E-state index contributed by atoms with van der Waals surface area (Å²) >= 11 is 0. The van der Waals surface area contributed by atoms with Crippen LogP contribution in [0.5, 0.6) is 0 Å². The highest BCUT2D eigenvalue weighted by atomic mass is 16.5. The Bertz CT molecular complexity index is 158. The minimum Gasteiger partial charge on any atom is -0.380 e. The molecule has 0 aliphatic carbocycles. The summed E-state index contributed by atoms with van der Waals surface area (Å²) in [7, 11) is 0. The second-order valence-electron chi connectivity index (χ2n) is 3.09. The molecule has 0 radical (unpaired) electrons. The van der Waals surface area contributed by atoms with Gasteiger partial charge in [-0.15, -0.1) is 0 Å². The first kappa shape index (κ1) is 9.50. The molecule has 0 amide bonds. The molecule has 0 aromatic rings. The van der Waals surface area contributed by atoms with E-state index in [1.165, 1.54) is 6.42 Å². The van der Waals surface area contributed by atoms with Crippen molar-refractivity contribution in [2.45, 2.75) is 25.8 Å². The molecule has 3 heteroatoms. The molecule has 1 fully saturated rings. The zero-order chi connectivity index (χ0) is 8.81. The number of likely N-dealkylation sites (N-methyl/N-ethyl adjacent to an activating group) is 1. The van der Waals surface area contributed by atoms with Crippen molar-refractivity contribution < 1.29 is 4.74 Å². The maximum atomic E-state index is 8.57. The molecule has 1 rings (SSSR count). The van der Waals surface area contributed by atoms with Gasteiger partial charge in [-0.1, -0.05) is 6.92 Å². The van der Waals surface area contributed by atoms with Crippen molar-refractivity contribution in [2.24, 2.45) is 0 Å². The molecule has 0 N–H and O–H groups in total. The van der Waals surface area contributed by atoms with Gasteiger partial charge in [-0.05, 0) is 19.4 Å². The van der Waals surface area contributed by atoms with E-state index < -0.39 is 0 Å². The molecule has 3 nitrogen and oxygen atoms in total. The molecular weight excluding hydrogens is 152 g/mol. The highest BCUT2D eigenvalue weighted by Crippen LogP contribution is 2.12. The van der Waals surface area contributed by atoms with E-state index in [1.807, 2.05) is 0 Å². The molecule has 68 valence electrons. The number of nitriles is 1. The summed E-state index contributed by atoms with van der Waals surface area (Å²) in [6.45, 7) is 5.26. The lowest BCUT2D eigenvalue weighted by atomic mass is 10.1. The van der Waals surface area contributed by atoms with Crippen LogP contribution in [-0.4, -0.2) is 37.2 Å². The first-order valence-corrected chi connectivity index (χ1v) is 4.57. The fourth-order valence-electron chi connectivity index (χ4n) is 1.60. The summed E-state index contributed by atoms with van der Waals surface area (Å²) in [5.74, 6) is 0. The van der Waals surface area contributed by atoms with Crippen molar-refractivity contribution in [3.63, 3.8) is 0 Å². The summed E-state index contributed by atoms with van der Waals surface area (Å²) in [5, 5.41) is 8.57. The number of hydrogen-bond acceptors (Lipinski definition) is 3. The van der Waals surface area contributed by atoms with Gasteiger partial charge in [0.25, 0.3) is 0 Å². The van der Waals surface area contributed by atoms with Gasteiger partial charge in [-0.2, -0.15) is 5.26 Å². The van der Waals surface area contributed by atoms with Gasteiger partial charge in [0.1, 0.15) is 0 Å². The lowest BCUT2D eigenvalue weighted by molar-refractivity contribution is 0.0247. The van der Waals surface area contributed by atoms with E-state index >= 15 is 0 Å². The zero-order valence-electron chi connectivity index (χ0n) is 7.62. The van der Waals surface area contributed by atoms with Crippen LogP contribution in [0.3, 0.4) is 0 Å². The van der Waals surface area contributed by atoms with Gasteiger partial charge in [0.15, 0.2) is 0 Å². The Kier molecular flexibility index (Phi) is 4.06. The summed E-state index contributed by atoms with van der Waals surface area (Å²) in [4.78, 5) is 2.18. The molecule has 0 spiro atoms. The van der Waals surface area contributed by atoms with Crippen molar-refractivity contribution in [2.75, 3.05) is 26.3 Å². The summed E-state index contributed by atoms with van der Waals surface area (Å²) < 4.78 is 5.36. The summed E-state index contributed by atoms with van der Waals surface area (Å²) in [5.41, 5.74) is 0. The fourth-order valence-corrected chi connectivity index (χ4v) is 1.60. The topological polar surface area (TPSA) is 36.3 Å². The van der Waals surface area contributed by atoms with E-state index in [0.29, 0.717) is 12.6 Å². The van der Waals surface area contributed by atoms with Gasteiger partial charge in [0.05, 0.1) is 19.2 Å². The summed E-state index contributed by atoms with van der Waals surface area (Å²) in [6, 6.07) is 2.66. The molecule has 12 heavy (non-hydrogen) atoms. The molecule has 0 saturated carbocycles. The standard InChI is InChI=1S/C9H16N2O/c1-2-11(6-5-10)9-4-3-7-12-8-9/h9H,2-4,6-8H2,1H3. The van der Waals surface area contributed by atoms with Crippen molar-refractivity contribution in [3.05, 3.63) is 0 Å². The first-order valence-electron chi connectivity index (χ1n) is 4.57. The minimum atomic E-state index is 0.475. The molecule has 1 unspecified atom stereocenters. The predicted molar refractivity (Wildman–Crippen MR) is 46.7 cm³/mol. The molecule has 0 bridgehead atoms. The van der Waals surface area contributed by atoms with Gasteiger partial charge in [0, 0.05) is 12.6 Å². The molecule has 1 aliphatic heterocycles. The number of rotatable bonds is 3. The van der Waals surface area contributed by atoms with Crippen molar-refractivity contribution in [1.82, 2.24) is 4.90 Å². The van der Waals surface area contributed by atoms with E-state index in [9.17, 15) is 0 Å². The van der Waals surface area contributed by atoms with Crippen LogP contribution in [0.15, 0.2) is 0 Å². The van der Waals surface area contributed by atoms with Gasteiger partial charge >= 0.3 is 0 Å². The van der Waals surface area contributed by atoms with Crippen LogP contribution in [0.2, 0.25) is 0 Å². The fraction of sp³-hybridized carbons (Fsp3) is 0.889. The van der Waals surface area contributed by atoms with Gasteiger partial charge in [-0.3, -0.25) is 4.90 Å². The summed E-state index contributed by atoms with van der Waals surface area (Å²) in [6.07, 6.45) is 2.31. The lowest BCUT2D eigenvalue weighted by Crippen LogP contribution is -2.41. The monoisotopic (exact) mass is 168 g/mol. The smallest absolute Gasteiger partial charge is 0.0869 e. The average Bonchev–Trinajstić information content (AvgIpc) is 2.15. The Morgan fingerprint density at radius 1 is 1.67 bits per heavy atom. The molecule has 1 aliphatic rings. The number of nitrogens with zero attached hydrogens (tertiary/aromatic N) is 2. The number of ether oxygens (including phenoxy) is 1. The van der Waals surface area contributed by atoms with Crippen LogP contribution in [0.1, 0.15) is 19.8 Å². The minimum absolute atomic E-state index is 0.475. The van der Waals surface area contributed by atoms with Gasteiger partial charge in [-0.25, -0.2) is 0 Å².